The molecule has 0 aliphatic rings. The number of nitrogens with two attached hydrogens (primary N) is 1. The predicted octanol–water partition coefficient (Wildman–Crippen LogP) is 1.64. The molecule has 98 valence electrons. The summed E-state index contributed by atoms with van der Waals surface area (Å²) in [7, 11) is 3.87. The van der Waals surface area contributed by atoms with Gasteiger partial charge in [0, 0.05) is 25.1 Å². The molecule has 0 aliphatic heterocycles. The van der Waals surface area contributed by atoms with Crippen molar-refractivity contribution in [1.82, 2.24) is 9.88 Å². The quantitative estimate of drug-likeness (QED) is 0.769. The molecule has 0 radical (unpaired) electrons. The largest absolute Gasteiger partial charge is 0.383 e. The molecule has 1 heterocycles. The molecule has 0 saturated heterocycles. The Kier molecular flexibility index (Phi) is 6.65. The summed E-state index contributed by atoms with van der Waals surface area (Å²) in [6.07, 6.45) is 2.11. The molecule has 0 aliphatic carbocycles. The molecule has 1 aromatic rings. The summed E-state index contributed by atoms with van der Waals surface area (Å²) in [6.45, 7) is 4.40. The summed E-state index contributed by atoms with van der Waals surface area (Å²) >= 11 is 1.70. The van der Waals surface area contributed by atoms with Crippen LogP contribution < -0.4 is 5.73 Å². The number of aromatic nitrogens is 1. The van der Waals surface area contributed by atoms with Gasteiger partial charge in [0.25, 0.3) is 0 Å². The van der Waals surface area contributed by atoms with Gasteiger partial charge in [0.15, 0.2) is 0 Å². The lowest BCUT2D eigenvalue weighted by molar-refractivity contribution is 0.0956. The molecule has 17 heavy (non-hydrogen) atoms. The Morgan fingerprint density at radius 3 is 2.88 bits per heavy atom. The van der Waals surface area contributed by atoms with Gasteiger partial charge in [-0.3, -0.25) is 4.90 Å². The number of hydrogen-bond donors (Lipinski definition) is 1. The summed E-state index contributed by atoms with van der Waals surface area (Å²) < 4.78 is 5.26. The highest BCUT2D eigenvalue weighted by atomic mass is 32.1. The highest BCUT2D eigenvalue weighted by Crippen LogP contribution is 2.13. The van der Waals surface area contributed by atoms with E-state index >= 15 is 0 Å². The maximum atomic E-state index is 5.56. The summed E-state index contributed by atoms with van der Waals surface area (Å²) in [5, 5.41) is 3.25. The molecule has 0 amide bonds. The van der Waals surface area contributed by atoms with Crippen LogP contribution in [0.1, 0.15) is 23.5 Å². The molecule has 1 atom stereocenters. The molecule has 2 N–H and O–H groups in total. The SMILES string of the molecule is COCC(CCCN)N(C)Cc1csc(C)n1. The zero-order valence-corrected chi connectivity index (χ0v) is 11.8. The third kappa shape index (κ3) is 5.12. The zero-order chi connectivity index (χ0) is 12.7. The maximum Gasteiger partial charge on any atom is 0.0897 e. The van der Waals surface area contributed by atoms with Crippen LogP contribution in [0.3, 0.4) is 0 Å². The normalized spacial score (nSPS) is 13.2. The van der Waals surface area contributed by atoms with Gasteiger partial charge in [-0.05, 0) is 33.4 Å². The van der Waals surface area contributed by atoms with Crippen LogP contribution >= 0.6 is 11.3 Å². The first-order valence-electron chi connectivity index (χ1n) is 5.97. The second kappa shape index (κ2) is 7.76. The highest BCUT2D eigenvalue weighted by Gasteiger charge is 2.15. The topological polar surface area (TPSA) is 51.4 Å². The Balaban J connectivity index is 2.48. The van der Waals surface area contributed by atoms with Crippen LogP contribution in [0, 0.1) is 6.92 Å². The van der Waals surface area contributed by atoms with Crippen molar-refractivity contribution in [3.05, 3.63) is 16.1 Å². The van der Waals surface area contributed by atoms with Crippen molar-refractivity contribution in [2.45, 2.75) is 32.4 Å². The van der Waals surface area contributed by atoms with Crippen molar-refractivity contribution in [3.63, 3.8) is 0 Å². The fraction of sp³-hybridized carbons (Fsp3) is 0.750. The van der Waals surface area contributed by atoms with Crippen molar-refractivity contribution < 1.29 is 4.74 Å². The van der Waals surface area contributed by atoms with Crippen LogP contribution in [-0.2, 0) is 11.3 Å². The van der Waals surface area contributed by atoms with Crippen LogP contribution in [0.15, 0.2) is 5.38 Å². The van der Waals surface area contributed by atoms with Gasteiger partial charge < -0.3 is 10.5 Å². The van der Waals surface area contributed by atoms with E-state index in [1.54, 1.807) is 18.4 Å². The molecule has 0 spiro atoms. The molecule has 0 aromatic carbocycles. The Morgan fingerprint density at radius 2 is 2.35 bits per heavy atom. The molecule has 1 unspecified atom stereocenters. The number of hydrogen-bond acceptors (Lipinski definition) is 5. The van der Waals surface area contributed by atoms with E-state index in [1.807, 2.05) is 6.92 Å². The Morgan fingerprint density at radius 1 is 1.59 bits per heavy atom. The van der Waals surface area contributed by atoms with Crippen molar-refractivity contribution in [2.24, 2.45) is 5.73 Å². The third-order valence-corrected chi connectivity index (χ3v) is 3.62. The Labute approximate surface area is 108 Å². The van der Waals surface area contributed by atoms with E-state index in [4.69, 9.17) is 10.5 Å². The van der Waals surface area contributed by atoms with Crippen LogP contribution in [0.2, 0.25) is 0 Å². The first-order chi connectivity index (χ1) is 8.17. The van der Waals surface area contributed by atoms with Crippen LogP contribution in [0.4, 0.5) is 0 Å². The molecular formula is C12H23N3OS. The second-order valence-electron chi connectivity index (χ2n) is 4.31. The van der Waals surface area contributed by atoms with Gasteiger partial charge in [-0.2, -0.15) is 0 Å². The number of aryl methyl sites for hydroxylation is 1. The van der Waals surface area contributed by atoms with E-state index in [-0.39, 0.29) is 0 Å². The molecule has 0 fully saturated rings. The lowest BCUT2D eigenvalue weighted by Gasteiger charge is -2.26. The predicted molar refractivity (Wildman–Crippen MR) is 72.3 cm³/mol. The molecule has 1 rings (SSSR count). The average molecular weight is 257 g/mol. The van der Waals surface area contributed by atoms with Gasteiger partial charge in [0.2, 0.25) is 0 Å². The van der Waals surface area contributed by atoms with Crippen LogP contribution in [-0.4, -0.2) is 43.2 Å². The van der Waals surface area contributed by atoms with Crippen molar-refractivity contribution in [3.8, 4) is 0 Å². The fourth-order valence-electron chi connectivity index (χ4n) is 1.84. The van der Waals surface area contributed by atoms with E-state index in [0.29, 0.717) is 6.04 Å². The third-order valence-electron chi connectivity index (χ3n) is 2.80. The minimum atomic E-state index is 0.422. The Hall–Kier alpha value is -0.490. The minimum absolute atomic E-state index is 0.422. The number of nitrogens with zero attached hydrogens (tertiary/aromatic N) is 2. The molecular weight excluding hydrogens is 234 g/mol. The fourth-order valence-corrected chi connectivity index (χ4v) is 2.45. The van der Waals surface area contributed by atoms with Crippen molar-refractivity contribution in [1.29, 1.82) is 0 Å². The van der Waals surface area contributed by atoms with Crippen LogP contribution in [0.25, 0.3) is 0 Å². The number of methoxy groups -OCH3 is 1. The lowest BCUT2D eigenvalue weighted by atomic mass is 10.1. The molecule has 0 saturated carbocycles. The summed E-state index contributed by atoms with van der Waals surface area (Å²) in [5.74, 6) is 0. The monoisotopic (exact) mass is 257 g/mol. The van der Waals surface area contributed by atoms with E-state index in [0.717, 1.165) is 43.2 Å². The number of thiazole rings is 1. The van der Waals surface area contributed by atoms with Gasteiger partial charge in [-0.15, -0.1) is 11.3 Å². The van der Waals surface area contributed by atoms with Gasteiger partial charge in [-0.1, -0.05) is 0 Å². The molecule has 4 nitrogen and oxygen atoms in total. The minimum Gasteiger partial charge on any atom is -0.383 e. The molecule has 0 bridgehead atoms. The smallest absolute Gasteiger partial charge is 0.0897 e. The van der Waals surface area contributed by atoms with Crippen LogP contribution in [0.5, 0.6) is 0 Å². The van der Waals surface area contributed by atoms with E-state index in [2.05, 4.69) is 22.3 Å². The average Bonchev–Trinajstić information content (AvgIpc) is 2.70. The van der Waals surface area contributed by atoms with Gasteiger partial charge in [-0.25, -0.2) is 4.98 Å². The summed E-state index contributed by atoms with van der Waals surface area (Å²) in [6, 6.07) is 0.422. The van der Waals surface area contributed by atoms with E-state index in [9.17, 15) is 0 Å². The number of ether oxygens (including phenoxy) is 1. The van der Waals surface area contributed by atoms with Gasteiger partial charge >= 0.3 is 0 Å². The number of likely N-dealkylation sites (N-methyl/N-ethyl adjacent to an activating group) is 1. The Bertz CT molecular complexity index is 316. The first kappa shape index (κ1) is 14.6. The van der Waals surface area contributed by atoms with Gasteiger partial charge in [0.1, 0.15) is 0 Å². The standard InChI is InChI=1S/C12H23N3OS/c1-10-14-11(9-17-10)7-15(2)12(8-16-3)5-4-6-13/h9,12H,4-8,13H2,1-3H3. The number of rotatable bonds is 8. The maximum absolute atomic E-state index is 5.56. The second-order valence-corrected chi connectivity index (χ2v) is 5.38. The summed E-state index contributed by atoms with van der Waals surface area (Å²) in [4.78, 5) is 6.78. The van der Waals surface area contributed by atoms with Crippen molar-refractivity contribution in [2.75, 3.05) is 27.3 Å². The molecule has 1 aromatic heterocycles. The van der Waals surface area contributed by atoms with E-state index < -0.39 is 0 Å². The lowest BCUT2D eigenvalue weighted by Crippen LogP contribution is -2.35. The first-order valence-corrected chi connectivity index (χ1v) is 6.85. The zero-order valence-electron chi connectivity index (χ0n) is 11.0. The van der Waals surface area contributed by atoms with Crippen molar-refractivity contribution >= 4 is 11.3 Å². The summed E-state index contributed by atoms with van der Waals surface area (Å²) in [5.41, 5.74) is 6.70. The van der Waals surface area contributed by atoms with E-state index in [1.165, 1.54) is 0 Å². The highest BCUT2D eigenvalue weighted by molar-refractivity contribution is 7.09. The molecule has 5 heteroatoms. The van der Waals surface area contributed by atoms with Gasteiger partial charge in [0.05, 0.1) is 17.3 Å².